The third-order valence-corrected chi connectivity index (χ3v) is 2.33. The minimum absolute atomic E-state index is 0.00979. The topological polar surface area (TPSA) is 46.2 Å². The van der Waals surface area contributed by atoms with Crippen molar-refractivity contribution in [2.75, 3.05) is 6.61 Å². The molecule has 4 heteroatoms. The third-order valence-electron chi connectivity index (χ3n) is 1.65. The highest BCUT2D eigenvalue weighted by Gasteiger charge is 2.03. The molecule has 1 aromatic rings. The molecule has 0 aliphatic rings. The van der Waals surface area contributed by atoms with Crippen molar-refractivity contribution in [2.24, 2.45) is 5.73 Å². The average molecular weight is 265 g/mol. The molecule has 0 amide bonds. The lowest BCUT2D eigenvalue weighted by Gasteiger charge is -2.08. The summed E-state index contributed by atoms with van der Waals surface area (Å²) < 4.78 is 0.931. The van der Waals surface area contributed by atoms with Crippen LogP contribution in [0.25, 0.3) is 0 Å². The molecule has 0 fully saturated rings. The van der Waals surface area contributed by atoms with Crippen LogP contribution in [0.2, 0.25) is 5.02 Å². The number of hydrogen-bond donors (Lipinski definition) is 2. The second kappa shape index (κ2) is 4.96. The summed E-state index contributed by atoms with van der Waals surface area (Å²) >= 11 is 9.18. The monoisotopic (exact) mass is 263 g/mol. The minimum atomic E-state index is -0.217. The van der Waals surface area contributed by atoms with E-state index in [9.17, 15) is 0 Å². The summed E-state index contributed by atoms with van der Waals surface area (Å²) in [6, 6.07) is 5.39. The van der Waals surface area contributed by atoms with Crippen LogP contribution in [-0.2, 0) is 6.42 Å². The lowest BCUT2D eigenvalue weighted by Crippen LogP contribution is -2.26. The highest BCUT2D eigenvalue weighted by molar-refractivity contribution is 9.10. The Morgan fingerprint density at radius 1 is 1.46 bits per heavy atom. The van der Waals surface area contributed by atoms with Crippen molar-refractivity contribution in [1.82, 2.24) is 0 Å². The zero-order valence-corrected chi connectivity index (χ0v) is 9.35. The number of nitrogens with two attached hydrogens (primary N) is 1. The first-order chi connectivity index (χ1) is 6.11. The number of halogens is 2. The fourth-order valence-electron chi connectivity index (χ4n) is 1.10. The van der Waals surface area contributed by atoms with Crippen LogP contribution in [0.4, 0.5) is 0 Å². The molecule has 0 bridgehead atoms. The molecule has 1 aromatic carbocycles. The van der Waals surface area contributed by atoms with E-state index >= 15 is 0 Å². The number of benzene rings is 1. The zero-order valence-electron chi connectivity index (χ0n) is 7.00. The van der Waals surface area contributed by atoms with Gasteiger partial charge in [0.2, 0.25) is 0 Å². The number of rotatable bonds is 3. The minimum Gasteiger partial charge on any atom is -0.395 e. The molecule has 72 valence electrons. The van der Waals surface area contributed by atoms with Gasteiger partial charge in [-0.1, -0.05) is 27.5 Å². The fraction of sp³-hybridized carbons (Fsp3) is 0.333. The van der Waals surface area contributed by atoms with Gasteiger partial charge in [-0.25, -0.2) is 0 Å². The molecule has 0 radical (unpaired) electrons. The summed E-state index contributed by atoms with van der Waals surface area (Å²) in [5.41, 5.74) is 6.63. The van der Waals surface area contributed by atoms with Crippen LogP contribution in [0, 0.1) is 0 Å². The van der Waals surface area contributed by atoms with Gasteiger partial charge in [-0.2, -0.15) is 0 Å². The maximum absolute atomic E-state index is 8.76. The van der Waals surface area contributed by atoms with E-state index in [2.05, 4.69) is 15.9 Å². The second-order valence-corrected chi connectivity index (χ2v) is 4.28. The van der Waals surface area contributed by atoms with Crippen molar-refractivity contribution in [3.8, 4) is 0 Å². The Balaban J connectivity index is 2.77. The van der Waals surface area contributed by atoms with Gasteiger partial charge < -0.3 is 10.8 Å². The van der Waals surface area contributed by atoms with E-state index in [1.165, 1.54) is 0 Å². The molecule has 0 saturated carbocycles. The van der Waals surface area contributed by atoms with Crippen molar-refractivity contribution in [3.05, 3.63) is 33.3 Å². The van der Waals surface area contributed by atoms with Gasteiger partial charge in [0.05, 0.1) is 6.61 Å². The largest absolute Gasteiger partial charge is 0.395 e. The lowest BCUT2D eigenvalue weighted by atomic mass is 10.1. The molecule has 3 N–H and O–H groups in total. The van der Waals surface area contributed by atoms with Crippen molar-refractivity contribution in [3.63, 3.8) is 0 Å². The normalized spacial score (nSPS) is 12.9. The first-order valence-electron chi connectivity index (χ1n) is 3.93. The Bertz CT molecular complexity index is 273. The van der Waals surface area contributed by atoms with E-state index in [0.29, 0.717) is 11.4 Å². The highest BCUT2D eigenvalue weighted by Crippen LogP contribution is 2.20. The van der Waals surface area contributed by atoms with Gasteiger partial charge in [0.15, 0.2) is 0 Å². The number of aliphatic hydroxyl groups excluding tert-OH is 1. The molecule has 0 aliphatic heterocycles. The molecule has 1 rings (SSSR count). The van der Waals surface area contributed by atoms with Crippen molar-refractivity contribution in [2.45, 2.75) is 12.5 Å². The SMILES string of the molecule is NC(CO)Cc1cc(Cl)cc(Br)c1. The zero-order chi connectivity index (χ0) is 9.84. The Hall–Kier alpha value is -0.0900. The maximum atomic E-state index is 8.76. The summed E-state index contributed by atoms with van der Waals surface area (Å²) in [5, 5.41) is 9.44. The predicted molar refractivity (Wildman–Crippen MR) is 57.9 cm³/mol. The second-order valence-electron chi connectivity index (χ2n) is 2.92. The highest BCUT2D eigenvalue weighted by atomic mass is 79.9. The van der Waals surface area contributed by atoms with Gasteiger partial charge in [0.25, 0.3) is 0 Å². The van der Waals surface area contributed by atoms with Gasteiger partial charge in [-0.15, -0.1) is 0 Å². The quantitative estimate of drug-likeness (QED) is 0.877. The van der Waals surface area contributed by atoms with Crippen LogP contribution in [0.3, 0.4) is 0 Å². The molecule has 0 aliphatic carbocycles. The van der Waals surface area contributed by atoms with E-state index in [4.69, 9.17) is 22.4 Å². The van der Waals surface area contributed by atoms with Crippen molar-refractivity contribution >= 4 is 27.5 Å². The number of hydrogen-bond acceptors (Lipinski definition) is 2. The first-order valence-corrected chi connectivity index (χ1v) is 5.10. The van der Waals surface area contributed by atoms with Crippen LogP contribution < -0.4 is 5.73 Å². The van der Waals surface area contributed by atoms with E-state index in [1.54, 1.807) is 0 Å². The molecule has 2 nitrogen and oxygen atoms in total. The molecule has 13 heavy (non-hydrogen) atoms. The third kappa shape index (κ3) is 3.65. The first kappa shape index (κ1) is 11.0. The van der Waals surface area contributed by atoms with Gasteiger partial charge in [0.1, 0.15) is 0 Å². The van der Waals surface area contributed by atoms with E-state index in [1.807, 2.05) is 18.2 Å². The maximum Gasteiger partial charge on any atom is 0.0585 e. The lowest BCUT2D eigenvalue weighted by molar-refractivity contribution is 0.265. The molecular formula is C9H11BrClNO. The summed E-state index contributed by atoms with van der Waals surface area (Å²) in [6.07, 6.45) is 0.635. The van der Waals surface area contributed by atoms with Crippen LogP contribution in [0.15, 0.2) is 22.7 Å². The van der Waals surface area contributed by atoms with Gasteiger partial charge in [0, 0.05) is 15.5 Å². The van der Waals surface area contributed by atoms with Crippen LogP contribution in [0.5, 0.6) is 0 Å². The van der Waals surface area contributed by atoms with Gasteiger partial charge in [-0.3, -0.25) is 0 Å². The smallest absolute Gasteiger partial charge is 0.0585 e. The standard InChI is InChI=1S/C9H11BrClNO/c10-7-1-6(2-8(11)4-7)3-9(12)5-13/h1-2,4,9,13H,3,5,12H2. The summed E-state index contributed by atoms with van der Waals surface area (Å²) in [4.78, 5) is 0. The van der Waals surface area contributed by atoms with Crippen molar-refractivity contribution < 1.29 is 5.11 Å². The van der Waals surface area contributed by atoms with Crippen LogP contribution in [-0.4, -0.2) is 17.8 Å². The summed E-state index contributed by atoms with van der Waals surface area (Å²) in [7, 11) is 0. The molecule has 0 heterocycles. The Kier molecular flexibility index (Phi) is 4.19. The van der Waals surface area contributed by atoms with Gasteiger partial charge in [-0.05, 0) is 30.2 Å². The Morgan fingerprint density at radius 2 is 2.15 bits per heavy atom. The molecule has 0 saturated heterocycles. The molecular weight excluding hydrogens is 253 g/mol. The van der Waals surface area contributed by atoms with E-state index in [-0.39, 0.29) is 12.6 Å². The molecule has 1 unspecified atom stereocenters. The van der Waals surface area contributed by atoms with Gasteiger partial charge >= 0.3 is 0 Å². The molecule has 0 aromatic heterocycles. The summed E-state index contributed by atoms with van der Waals surface area (Å²) in [6.45, 7) is -0.00979. The fourth-order valence-corrected chi connectivity index (χ4v) is 2.03. The van der Waals surface area contributed by atoms with Crippen LogP contribution >= 0.6 is 27.5 Å². The van der Waals surface area contributed by atoms with Crippen LogP contribution in [0.1, 0.15) is 5.56 Å². The van der Waals surface area contributed by atoms with E-state index < -0.39 is 0 Å². The predicted octanol–water partition coefficient (Wildman–Crippen LogP) is 1.96. The van der Waals surface area contributed by atoms with Crippen molar-refractivity contribution in [1.29, 1.82) is 0 Å². The Morgan fingerprint density at radius 3 is 2.69 bits per heavy atom. The average Bonchev–Trinajstić information content (AvgIpc) is 2.02. The van der Waals surface area contributed by atoms with E-state index in [0.717, 1.165) is 10.0 Å². The Labute approximate surface area is 90.8 Å². The molecule has 0 spiro atoms. The summed E-state index contributed by atoms with van der Waals surface area (Å²) in [5.74, 6) is 0. The number of aliphatic hydroxyl groups is 1. The molecule has 1 atom stereocenters.